The van der Waals surface area contributed by atoms with Gasteiger partial charge in [-0.15, -0.1) is 0 Å². The van der Waals surface area contributed by atoms with Gasteiger partial charge < -0.3 is 10.1 Å². The number of hydrazine groups is 1. The molecule has 3 amide bonds. The first-order chi connectivity index (χ1) is 14.4. The van der Waals surface area contributed by atoms with Crippen LogP contribution in [0, 0.1) is 6.92 Å². The lowest BCUT2D eigenvalue weighted by molar-refractivity contribution is -0.147. The second kappa shape index (κ2) is 11.6. The fourth-order valence-corrected chi connectivity index (χ4v) is 2.63. The zero-order chi connectivity index (χ0) is 21.9. The molecule has 0 saturated heterocycles. The normalized spacial score (nSPS) is 10.1. The summed E-state index contributed by atoms with van der Waals surface area (Å²) in [6, 6.07) is 13.7. The Labute approximate surface area is 178 Å². The summed E-state index contributed by atoms with van der Waals surface area (Å²) in [6.45, 7) is 1.44. The highest BCUT2D eigenvalue weighted by Gasteiger charge is 2.12. The highest BCUT2D eigenvalue weighted by Crippen LogP contribution is 2.14. The average Bonchev–Trinajstić information content (AvgIpc) is 2.72. The Bertz CT molecular complexity index is 932. The molecular weight excluding hydrogens is 410 g/mol. The molecule has 0 aliphatic carbocycles. The van der Waals surface area contributed by atoms with Crippen molar-refractivity contribution >= 4 is 41.0 Å². The number of para-hydroxylation sites is 1. The van der Waals surface area contributed by atoms with Crippen LogP contribution < -0.4 is 16.2 Å². The van der Waals surface area contributed by atoms with E-state index in [9.17, 15) is 19.2 Å². The van der Waals surface area contributed by atoms with E-state index in [4.69, 9.17) is 16.3 Å². The topological polar surface area (TPSA) is 114 Å². The maximum Gasteiger partial charge on any atom is 0.306 e. The second-order valence-corrected chi connectivity index (χ2v) is 6.77. The Hall–Kier alpha value is -3.39. The van der Waals surface area contributed by atoms with E-state index in [1.165, 1.54) is 6.07 Å². The summed E-state index contributed by atoms with van der Waals surface area (Å²) in [5, 5.41) is 2.92. The zero-order valence-corrected chi connectivity index (χ0v) is 17.1. The van der Waals surface area contributed by atoms with Gasteiger partial charge in [-0.3, -0.25) is 30.0 Å². The van der Waals surface area contributed by atoms with Gasteiger partial charge in [-0.25, -0.2) is 0 Å². The smallest absolute Gasteiger partial charge is 0.306 e. The molecule has 0 aromatic heterocycles. The lowest BCUT2D eigenvalue weighted by Gasteiger charge is -2.09. The Kier molecular flexibility index (Phi) is 8.83. The first kappa shape index (κ1) is 22.9. The van der Waals surface area contributed by atoms with Gasteiger partial charge in [-0.1, -0.05) is 41.9 Å². The number of hydrogen-bond donors (Lipinski definition) is 3. The number of hydrogen-bond acceptors (Lipinski definition) is 5. The summed E-state index contributed by atoms with van der Waals surface area (Å²) < 4.78 is 4.90. The van der Waals surface area contributed by atoms with E-state index >= 15 is 0 Å². The molecule has 0 unspecified atom stereocenters. The summed E-state index contributed by atoms with van der Waals surface area (Å²) in [5.41, 5.74) is 6.27. The van der Waals surface area contributed by atoms with Crippen LogP contribution in [0.25, 0.3) is 0 Å². The maximum absolute atomic E-state index is 11.9. The Balaban J connectivity index is 1.61. The molecular formula is C21H22ClN3O5. The van der Waals surface area contributed by atoms with Gasteiger partial charge in [0.05, 0.1) is 10.6 Å². The van der Waals surface area contributed by atoms with Crippen molar-refractivity contribution < 1.29 is 23.9 Å². The largest absolute Gasteiger partial charge is 0.456 e. The molecule has 0 fully saturated rings. The van der Waals surface area contributed by atoms with Crippen LogP contribution in [0.4, 0.5) is 5.69 Å². The lowest BCUT2D eigenvalue weighted by atomic mass is 10.2. The van der Waals surface area contributed by atoms with Crippen LogP contribution in [0.3, 0.4) is 0 Å². The maximum atomic E-state index is 11.9. The molecule has 2 aromatic rings. The van der Waals surface area contributed by atoms with Gasteiger partial charge in [0.25, 0.3) is 11.8 Å². The summed E-state index contributed by atoms with van der Waals surface area (Å²) in [4.78, 5) is 47.3. The lowest BCUT2D eigenvalue weighted by Crippen LogP contribution is -2.41. The predicted molar refractivity (Wildman–Crippen MR) is 112 cm³/mol. The van der Waals surface area contributed by atoms with Crippen molar-refractivity contribution in [3.8, 4) is 0 Å². The van der Waals surface area contributed by atoms with Crippen molar-refractivity contribution in [2.75, 3.05) is 11.9 Å². The number of benzene rings is 2. The second-order valence-electron chi connectivity index (χ2n) is 6.36. The number of nitrogens with one attached hydrogen (secondary N) is 3. The van der Waals surface area contributed by atoms with Crippen LogP contribution in [-0.4, -0.2) is 30.3 Å². The van der Waals surface area contributed by atoms with Gasteiger partial charge in [-0.05, 0) is 37.1 Å². The van der Waals surface area contributed by atoms with E-state index < -0.39 is 30.3 Å². The summed E-state index contributed by atoms with van der Waals surface area (Å²) in [7, 11) is 0. The highest BCUT2D eigenvalue weighted by molar-refractivity contribution is 6.33. The number of amides is 3. The molecule has 0 heterocycles. The Morgan fingerprint density at radius 2 is 1.60 bits per heavy atom. The number of carbonyl (C=O) groups excluding carboxylic acids is 4. The van der Waals surface area contributed by atoms with Gasteiger partial charge in [0.15, 0.2) is 6.61 Å². The van der Waals surface area contributed by atoms with Crippen molar-refractivity contribution in [2.24, 2.45) is 0 Å². The molecule has 158 valence electrons. The van der Waals surface area contributed by atoms with Crippen molar-refractivity contribution in [1.82, 2.24) is 10.9 Å². The molecule has 30 heavy (non-hydrogen) atoms. The van der Waals surface area contributed by atoms with E-state index in [2.05, 4.69) is 16.2 Å². The average molecular weight is 432 g/mol. The number of rotatable bonds is 8. The van der Waals surface area contributed by atoms with Crippen LogP contribution in [0.5, 0.6) is 0 Å². The third-order valence-corrected chi connectivity index (χ3v) is 4.33. The quantitative estimate of drug-likeness (QED) is 0.439. The Morgan fingerprint density at radius 1 is 0.900 bits per heavy atom. The molecule has 0 spiro atoms. The molecule has 0 radical (unpaired) electrons. The van der Waals surface area contributed by atoms with Crippen LogP contribution in [0.15, 0.2) is 48.5 Å². The highest BCUT2D eigenvalue weighted by atomic mass is 35.5. The molecule has 9 heteroatoms. The molecule has 0 aliphatic rings. The number of anilines is 1. The molecule has 3 N–H and O–H groups in total. The summed E-state index contributed by atoms with van der Waals surface area (Å²) >= 11 is 5.90. The molecule has 0 saturated carbocycles. The van der Waals surface area contributed by atoms with Crippen LogP contribution in [-0.2, 0) is 19.1 Å². The molecule has 0 atom stereocenters. The number of ether oxygens (including phenoxy) is 1. The predicted octanol–water partition coefficient (Wildman–Crippen LogP) is 2.76. The van der Waals surface area contributed by atoms with Crippen molar-refractivity contribution in [2.45, 2.75) is 26.2 Å². The van der Waals surface area contributed by atoms with E-state index in [-0.39, 0.29) is 29.8 Å². The van der Waals surface area contributed by atoms with Crippen molar-refractivity contribution in [3.63, 3.8) is 0 Å². The number of esters is 1. The SMILES string of the molecule is Cc1ccccc1NC(=O)COC(=O)CCCC(=O)NNC(=O)c1ccccc1Cl. The minimum atomic E-state index is -0.595. The number of carbonyl (C=O) groups is 4. The van der Waals surface area contributed by atoms with E-state index in [1.54, 1.807) is 30.3 Å². The minimum Gasteiger partial charge on any atom is -0.456 e. The van der Waals surface area contributed by atoms with E-state index in [0.717, 1.165) is 5.56 Å². The van der Waals surface area contributed by atoms with Gasteiger partial charge in [0.1, 0.15) is 0 Å². The van der Waals surface area contributed by atoms with Gasteiger partial charge in [0.2, 0.25) is 5.91 Å². The first-order valence-electron chi connectivity index (χ1n) is 9.21. The van der Waals surface area contributed by atoms with Crippen molar-refractivity contribution in [1.29, 1.82) is 0 Å². The van der Waals surface area contributed by atoms with Crippen LogP contribution in [0.1, 0.15) is 35.2 Å². The van der Waals surface area contributed by atoms with Crippen molar-refractivity contribution in [3.05, 3.63) is 64.7 Å². The van der Waals surface area contributed by atoms with Gasteiger partial charge in [-0.2, -0.15) is 0 Å². The summed E-state index contributed by atoms with van der Waals surface area (Å²) in [6.07, 6.45) is 0.156. The number of aryl methyl sites for hydroxylation is 1. The fourth-order valence-electron chi connectivity index (χ4n) is 2.41. The molecule has 8 nitrogen and oxygen atoms in total. The van der Waals surface area contributed by atoms with Crippen LogP contribution in [0.2, 0.25) is 5.02 Å². The monoisotopic (exact) mass is 431 g/mol. The van der Waals surface area contributed by atoms with Gasteiger partial charge in [0, 0.05) is 18.5 Å². The van der Waals surface area contributed by atoms with E-state index in [0.29, 0.717) is 5.69 Å². The number of halogens is 1. The molecule has 2 rings (SSSR count). The molecule has 0 aliphatic heterocycles. The zero-order valence-electron chi connectivity index (χ0n) is 16.4. The van der Waals surface area contributed by atoms with E-state index in [1.807, 2.05) is 19.1 Å². The van der Waals surface area contributed by atoms with Gasteiger partial charge >= 0.3 is 5.97 Å². The Morgan fingerprint density at radius 3 is 2.33 bits per heavy atom. The van der Waals surface area contributed by atoms with Crippen LogP contribution >= 0.6 is 11.6 Å². The standard InChI is InChI=1S/C21H22ClN3O5/c1-14-7-2-5-10-17(14)23-19(27)13-30-20(28)12-6-11-18(26)24-25-21(29)15-8-3-4-9-16(15)22/h2-5,7-10H,6,11-13H2,1H3,(H,23,27)(H,24,26)(H,25,29). The summed E-state index contributed by atoms with van der Waals surface area (Å²) in [5.74, 6) is -2.06. The first-order valence-corrected chi connectivity index (χ1v) is 9.59. The third-order valence-electron chi connectivity index (χ3n) is 4.00. The molecule has 0 bridgehead atoms. The minimum absolute atomic E-state index is 0.00664. The molecule has 2 aromatic carbocycles. The fraction of sp³-hybridized carbons (Fsp3) is 0.238. The third kappa shape index (κ3) is 7.56.